The van der Waals surface area contributed by atoms with E-state index in [1.165, 1.54) is 0 Å². The normalized spacial score (nSPS) is 11.0. The summed E-state index contributed by atoms with van der Waals surface area (Å²) in [5, 5.41) is 14.3. The highest BCUT2D eigenvalue weighted by molar-refractivity contribution is 7.98. The van der Waals surface area contributed by atoms with Gasteiger partial charge in [-0.15, -0.1) is 33.3 Å². The van der Waals surface area contributed by atoms with Crippen molar-refractivity contribution in [2.75, 3.05) is 0 Å². The Kier molecular flexibility index (Phi) is 5.17. The van der Waals surface area contributed by atoms with Crippen molar-refractivity contribution < 1.29 is 4.79 Å². The zero-order valence-corrected chi connectivity index (χ0v) is 16.3. The van der Waals surface area contributed by atoms with Crippen LogP contribution in [0.15, 0.2) is 58.9 Å². The van der Waals surface area contributed by atoms with Crippen LogP contribution in [0.4, 0.5) is 0 Å². The van der Waals surface area contributed by atoms with E-state index in [0.717, 1.165) is 27.0 Å². The number of nitrogens with zero attached hydrogens (tertiary/aromatic N) is 4. The summed E-state index contributed by atoms with van der Waals surface area (Å²) in [6.45, 7) is 2.31. The number of rotatable bonds is 6. The fourth-order valence-corrected chi connectivity index (χ4v) is 4.33. The minimum absolute atomic E-state index is 0.125. The van der Waals surface area contributed by atoms with Crippen LogP contribution in [0.3, 0.4) is 0 Å². The quantitative estimate of drug-likeness (QED) is 0.504. The summed E-state index contributed by atoms with van der Waals surface area (Å²) >= 11 is 3.26. The third kappa shape index (κ3) is 4.01. The standard InChI is InChI=1S/C19H17N5OS2/c1-13-21-14(11-26-13)12-27-16-7-3-2-6-15(16)19(25)20-10-18-23-22-17-8-4-5-9-24(17)18/h2-9,11H,10,12H2,1H3,(H,20,25). The summed E-state index contributed by atoms with van der Waals surface area (Å²) in [6.07, 6.45) is 1.89. The molecule has 4 rings (SSSR count). The number of benzene rings is 1. The lowest BCUT2D eigenvalue weighted by Crippen LogP contribution is -2.24. The Hall–Kier alpha value is -2.71. The van der Waals surface area contributed by atoms with Crippen LogP contribution in [-0.2, 0) is 12.3 Å². The van der Waals surface area contributed by atoms with Crippen LogP contribution in [0.1, 0.15) is 26.9 Å². The second kappa shape index (κ2) is 7.89. The number of thioether (sulfide) groups is 1. The molecule has 3 aromatic heterocycles. The number of pyridine rings is 1. The number of thiazole rings is 1. The van der Waals surface area contributed by atoms with Gasteiger partial charge in [0.1, 0.15) is 0 Å². The van der Waals surface area contributed by atoms with Gasteiger partial charge in [0.25, 0.3) is 5.91 Å². The molecule has 0 saturated carbocycles. The molecule has 1 N–H and O–H groups in total. The van der Waals surface area contributed by atoms with Gasteiger partial charge in [0.15, 0.2) is 11.5 Å². The van der Waals surface area contributed by atoms with Crippen molar-refractivity contribution in [3.05, 3.63) is 76.1 Å². The first-order valence-electron chi connectivity index (χ1n) is 8.40. The van der Waals surface area contributed by atoms with Crippen LogP contribution >= 0.6 is 23.1 Å². The van der Waals surface area contributed by atoms with E-state index >= 15 is 0 Å². The average molecular weight is 396 g/mol. The Balaban J connectivity index is 1.45. The van der Waals surface area contributed by atoms with Crippen LogP contribution in [0.2, 0.25) is 0 Å². The van der Waals surface area contributed by atoms with Gasteiger partial charge in [0.2, 0.25) is 0 Å². The fourth-order valence-electron chi connectivity index (χ4n) is 2.67. The Labute approximate surface area is 164 Å². The zero-order valence-electron chi connectivity index (χ0n) is 14.6. The van der Waals surface area contributed by atoms with Crippen LogP contribution in [0, 0.1) is 6.92 Å². The maximum atomic E-state index is 12.7. The molecule has 0 spiro atoms. The summed E-state index contributed by atoms with van der Waals surface area (Å²) in [7, 11) is 0. The fraction of sp³-hybridized carbons (Fsp3) is 0.158. The summed E-state index contributed by atoms with van der Waals surface area (Å²) in [6, 6.07) is 13.3. The topological polar surface area (TPSA) is 72.2 Å². The molecule has 6 nitrogen and oxygen atoms in total. The number of hydrogen-bond donors (Lipinski definition) is 1. The second-order valence-corrected chi connectivity index (χ2v) is 7.95. The Bertz CT molecular complexity index is 1090. The molecule has 136 valence electrons. The first-order valence-corrected chi connectivity index (χ1v) is 10.3. The molecule has 0 aliphatic heterocycles. The lowest BCUT2D eigenvalue weighted by atomic mass is 10.2. The van der Waals surface area contributed by atoms with Crippen molar-refractivity contribution in [2.45, 2.75) is 24.1 Å². The first-order chi connectivity index (χ1) is 13.2. The van der Waals surface area contributed by atoms with Gasteiger partial charge in [-0.25, -0.2) is 4.98 Å². The highest BCUT2D eigenvalue weighted by Crippen LogP contribution is 2.26. The molecule has 0 saturated heterocycles. The zero-order chi connectivity index (χ0) is 18.6. The van der Waals surface area contributed by atoms with E-state index in [9.17, 15) is 4.79 Å². The predicted octanol–water partition coefficient (Wildman–Crippen LogP) is 3.72. The van der Waals surface area contributed by atoms with Crippen molar-refractivity contribution >= 4 is 34.7 Å². The largest absolute Gasteiger partial charge is 0.345 e. The van der Waals surface area contributed by atoms with Crippen molar-refractivity contribution in [2.24, 2.45) is 0 Å². The van der Waals surface area contributed by atoms with Gasteiger partial charge in [0.05, 0.1) is 22.8 Å². The molecule has 0 radical (unpaired) electrons. The van der Waals surface area contributed by atoms with E-state index in [0.29, 0.717) is 17.9 Å². The molecule has 1 aromatic carbocycles. The third-order valence-corrected chi connectivity index (χ3v) is 5.89. The lowest BCUT2D eigenvalue weighted by molar-refractivity contribution is 0.0947. The summed E-state index contributed by atoms with van der Waals surface area (Å²) < 4.78 is 1.87. The van der Waals surface area contributed by atoms with Gasteiger partial charge in [-0.05, 0) is 31.2 Å². The monoisotopic (exact) mass is 395 g/mol. The van der Waals surface area contributed by atoms with E-state index in [1.54, 1.807) is 23.1 Å². The minimum Gasteiger partial charge on any atom is -0.345 e. The van der Waals surface area contributed by atoms with Gasteiger partial charge >= 0.3 is 0 Å². The molecular formula is C19H17N5OS2. The number of carbonyl (C=O) groups excluding carboxylic acids is 1. The van der Waals surface area contributed by atoms with Gasteiger partial charge in [-0.3, -0.25) is 9.20 Å². The Morgan fingerprint density at radius 1 is 1.19 bits per heavy atom. The van der Waals surface area contributed by atoms with E-state index in [4.69, 9.17) is 0 Å². The van der Waals surface area contributed by atoms with Gasteiger partial charge < -0.3 is 5.32 Å². The Morgan fingerprint density at radius 2 is 2.04 bits per heavy atom. The molecule has 27 heavy (non-hydrogen) atoms. The molecule has 0 bridgehead atoms. The maximum absolute atomic E-state index is 12.7. The number of hydrogen-bond acceptors (Lipinski definition) is 6. The lowest BCUT2D eigenvalue weighted by Gasteiger charge is -2.09. The molecule has 0 atom stereocenters. The first kappa shape index (κ1) is 17.7. The maximum Gasteiger partial charge on any atom is 0.252 e. The van der Waals surface area contributed by atoms with Gasteiger partial charge in [-0.1, -0.05) is 18.2 Å². The third-order valence-electron chi connectivity index (χ3n) is 3.97. The van der Waals surface area contributed by atoms with Crippen molar-refractivity contribution in [3.8, 4) is 0 Å². The summed E-state index contributed by atoms with van der Waals surface area (Å²) in [5.41, 5.74) is 2.45. The SMILES string of the molecule is Cc1nc(CSc2ccccc2C(=O)NCc2nnc3ccccn23)cs1. The number of amides is 1. The van der Waals surface area contributed by atoms with Gasteiger partial charge in [0, 0.05) is 22.2 Å². The highest BCUT2D eigenvalue weighted by atomic mass is 32.2. The molecule has 3 heterocycles. The van der Waals surface area contributed by atoms with Crippen molar-refractivity contribution in [3.63, 3.8) is 0 Å². The molecule has 8 heteroatoms. The Morgan fingerprint density at radius 3 is 2.89 bits per heavy atom. The van der Waals surface area contributed by atoms with Crippen LogP contribution in [-0.4, -0.2) is 25.5 Å². The summed E-state index contributed by atoms with van der Waals surface area (Å²) in [4.78, 5) is 18.1. The second-order valence-electron chi connectivity index (χ2n) is 5.87. The van der Waals surface area contributed by atoms with Crippen molar-refractivity contribution in [1.82, 2.24) is 24.9 Å². The molecule has 4 aromatic rings. The van der Waals surface area contributed by atoms with Crippen LogP contribution in [0.5, 0.6) is 0 Å². The number of carbonyl (C=O) groups is 1. The minimum atomic E-state index is -0.125. The van der Waals surface area contributed by atoms with E-state index in [-0.39, 0.29) is 5.91 Å². The molecule has 1 amide bonds. The number of aromatic nitrogens is 4. The highest BCUT2D eigenvalue weighted by Gasteiger charge is 2.13. The number of aryl methyl sites for hydroxylation is 1. The molecular weight excluding hydrogens is 378 g/mol. The molecule has 0 fully saturated rings. The van der Waals surface area contributed by atoms with E-state index in [1.807, 2.05) is 60.0 Å². The van der Waals surface area contributed by atoms with Gasteiger partial charge in [-0.2, -0.15) is 0 Å². The van der Waals surface area contributed by atoms with Crippen molar-refractivity contribution in [1.29, 1.82) is 0 Å². The number of nitrogens with one attached hydrogen (secondary N) is 1. The van der Waals surface area contributed by atoms with Crippen LogP contribution in [0.25, 0.3) is 5.65 Å². The van der Waals surface area contributed by atoms with E-state index < -0.39 is 0 Å². The molecule has 0 aliphatic carbocycles. The average Bonchev–Trinajstić information content (AvgIpc) is 3.30. The smallest absolute Gasteiger partial charge is 0.252 e. The van der Waals surface area contributed by atoms with Crippen LogP contribution < -0.4 is 5.32 Å². The predicted molar refractivity (Wildman–Crippen MR) is 107 cm³/mol. The van der Waals surface area contributed by atoms with E-state index in [2.05, 4.69) is 25.9 Å². The molecule has 0 unspecified atom stereocenters. The summed E-state index contributed by atoms with van der Waals surface area (Å²) in [5.74, 6) is 1.31. The molecule has 0 aliphatic rings. The number of fused-ring (bicyclic) bond motifs is 1.